The number of rotatable bonds is 9. The van der Waals surface area contributed by atoms with Gasteiger partial charge in [-0.15, -0.1) is 0 Å². The molecule has 2 N–H and O–H groups in total. The third kappa shape index (κ3) is 4.98. The third-order valence-electron chi connectivity index (χ3n) is 3.49. The second kappa shape index (κ2) is 8.12. The lowest BCUT2D eigenvalue weighted by atomic mass is 9.95. The summed E-state index contributed by atoms with van der Waals surface area (Å²) in [6.07, 6.45) is 6.32. The van der Waals surface area contributed by atoms with Crippen LogP contribution in [0.2, 0.25) is 0 Å². The summed E-state index contributed by atoms with van der Waals surface area (Å²) in [6.45, 7) is 12.2. The first-order valence-corrected chi connectivity index (χ1v) is 6.59. The van der Waals surface area contributed by atoms with Gasteiger partial charge in [0, 0.05) is 12.1 Å². The van der Waals surface area contributed by atoms with Gasteiger partial charge in [-0.25, -0.2) is 0 Å². The van der Waals surface area contributed by atoms with Crippen molar-refractivity contribution in [2.45, 2.75) is 65.3 Å². The molecule has 0 heterocycles. The van der Waals surface area contributed by atoms with Crippen LogP contribution >= 0.6 is 0 Å². The van der Waals surface area contributed by atoms with Gasteiger partial charge in [0.2, 0.25) is 0 Å². The Morgan fingerprint density at radius 3 is 2.07 bits per heavy atom. The van der Waals surface area contributed by atoms with Crippen molar-refractivity contribution >= 4 is 0 Å². The number of hydrogen-bond acceptors (Lipinski definition) is 2. The van der Waals surface area contributed by atoms with E-state index in [0.717, 1.165) is 13.0 Å². The fourth-order valence-corrected chi connectivity index (χ4v) is 1.97. The summed E-state index contributed by atoms with van der Waals surface area (Å²) in [6, 6.07) is 0. The number of nitrogens with two attached hydrogens (primary N) is 1. The van der Waals surface area contributed by atoms with Crippen molar-refractivity contribution in [1.82, 2.24) is 4.90 Å². The normalized spacial score (nSPS) is 15.6. The SMILES string of the molecule is CCCCCN(CCC)C(C)(CC)CN. The van der Waals surface area contributed by atoms with E-state index in [9.17, 15) is 0 Å². The molecule has 0 aliphatic carbocycles. The summed E-state index contributed by atoms with van der Waals surface area (Å²) in [5.41, 5.74) is 6.12. The monoisotopic (exact) mass is 214 g/mol. The van der Waals surface area contributed by atoms with Crippen LogP contribution in [0, 0.1) is 0 Å². The van der Waals surface area contributed by atoms with Crippen LogP contribution in [-0.2, 0) is 0 Å². The molecular formula is C13H30N2. The second-order valence-electron chi connectivity index (χ2n) is 4.75. The van der Waals surface area contributed by atoms with Crippen molar-refractivity contribution in [2.75, 3.05) is 19.6 Å². The van der Waals surface area contributed by atoms with Crippen LogP contribution in [0.1, 0.15) is 59.8 Å². The van der Waals surface area contributed by atoms with Gasteiger partial charge in [-0.1, -0.05) is 33.6 Å². The van der Waals surface area contributed by atoms with Gasteiger partial charge in [-0.2, -0.15) is 0 Å². The highest BCUT2D eigenvalue weighted by molar-refractivity contribution is 4.85. The van der Waals surface area contributed by atoms with E-state index < -0.39 is 0 Å². The van der Waals surface area contributed by atoms with Gasteiger partial charge in [-0.3, -0.25) is 4.90 Å². The highest BCUT2D eigenvalue weighted by Crippen LogP contribution is 2.19. The van der Waals surface area contributed by atoms with Crippen molar-refractivity contribution in [3.63, 3.8) is 0 Å². The average Bonchev–Trinajstić information content (AvgIpc) is 2.27. The summed E-state index contributed by atoms with van der Waals surface area (Å²) >= 11 is 0. The Balaban J connectivity index is 4.21. The van der Waals surface area contributed by atoms with E-state index in [2.05, 4.69) is 32.6 Å². The average molecular weight is 214 g/mol. The molecule has 0 aromatic rings. The maximum absolute atomic E-state index is 5.91. The van der Waals surface area contributed by atoms with Crippen LogP contribution in [-0.4, -0.2) is 30.1 Å². The Bertz CT molecular complexity index is 141. The smallest absolute Gasteiger partial charge is 0.0300 e. The lowest BCUT2D eigenvalue weighted by Crippen LogP contribution is -2.51. The lowest BCUT2D eigenvalue weighted by molar-refractivity contribution is 0.103. The van der Waals surface area contributed by atoms with E-state index >= 15 is 0 Å². The largest absolute Gasteiger partial charge is 0.329 e. The topological polar surface area (TPSA) is 29.3 Å². The molecule has 0 amide bonds. The van der Waals surface area contributed by atoms with Crippen LogP contribution in [0.4, 0.5) is 0 Å². The fraction of sp³-hybridized carbons (Fsp3) is 1.00. The molecule has 1 unspecified atom stereocenters. The molecule has 0 aromatic heterocycles. The van der Waals surface area contributed by atoms with Crippen LogP contribution in [0.3, 0.4) is 0 Å². The maximum atomic E-state index is 5.91. The predicted octanol–water partition coefficient (Wildman–Crippen LogP) is 3.02. The molecule has 0 aliphatic heterocycles. The molecule has 0 aliphatic rings. The zero-order valence-corrected chi connectivity index (χ0v) is 11.2. The van der Waals surface area contributed by atoms with E-state index in [1.54, 1.807) is 0 Å². The molecule has 0 rings (SSSR count). The van der Waals surface area contributed by atoms with Crippen molar-refractivity contribution < 1.29 is 0 Å². The van der Waals surface area contributed by atoms with E-state index in [4.69, 9.17) is 5.73 Å². The van der Waals surface area contributed by atoms with Crippen molar-refractivity contribution in [1.29, 1.82) is 0 Å². The molecule has 0 aromatic carbocycles. The highest BCUT2D eigenvalue weighted by Gasteiger charge is 2.27. The van der Waals surface area contributed by atoms with Crippen LogP contribution < -0.4 is 5.73 Å². The minimum absolute atomic E-state index is 0.212. The van der Waals surface area contributed by atoms with E-state index in [0.29, 0.717) is 0 Å². The van der Waals surface area contributed by atoms with Crippen molar-refractivity contribution in [2.24, 2.45) is 5.73 Å². The van der Waals surface area contributed by atoms with Gasteiger partial charge in [0.25, 0.3) is 0 Å². The second-order valence-corrected chi connectivity index (χ2v) is 4.75. The van der Waals surface area contributed by atoms with Gasteiger partial charge in [0.05, 0.1) is 0 Å². The summed E-state index contributed by atoms with van der Waals surface area (Å²) < 4.78 is 0. The first-order chi connectivity index (χ1) is 7.14. The third-order valence-corrected chi connectivity index (χ3v) is 3.49. The summed E-state index contributed by atoms with van der Waals surface area (Å²) in [5.74, 6) is 0. The molecular weight excluding hydrogens is 184 g/mol. The van der Waals surface area contributed by atoms with Crippen molar-refractivity contribution in [3.05, 3.63) is 0 Å². The molecule has 0 saturated carbocycles. The Kier molecular flexibility index (Phi) is 8.07. The summed E-state index contributed by atoms with van der Waals surface area (Å²) in [4.78, 5) is 2.59. The molecule has 1 atom stereocenters. The molecule has 92 valence electrons. The van der Waals surface area contributed by atoms with Gasteiger partial charge in [-0.05, 0) is 39.3 Å². The van der Waals surface area contributed by atoms with Gasteiger partial charge < -0.3 is 5.73 Å². The van der Waals surface area contributed by atoms with Crippen LogP contribution in [0.5, 0.6) is 0 Å². The number of hydrogen-bond donors (Lipinski definition) is 1. The molecule has 0 saturated heterocycles. The molecule has 2 heteroatoms. The van der Waals surface area contributed by atoms with E-state index in [-0.39, 0.29) is 5.54 Å². The Morgan fingerprint density at radius 2 is 1.67 bits per heavy atom. The highest BCUT2D eigenvalue weighted by atomic mass is 15.2. The quantitative estimate of drug-likeness (QED) is 0.598. The van der Waals surface area contributed by atoms with Gasteiger partial charge in [0.1, 0.15) is 0 Å². The first-order valence-electron chi connectivity index (χ1n) is 6.59. The van der Waals surface area contributed by atoms with Crippen LogP contribution in [0.25, 0.3) is 0 Å². The molecule has 0 fully saturated rings. The Morgan fingerprint density at radius 1 is 1.00 bits per heavy atom. The number of unbranched alkanes of at least 4 members (excludes halogenated alkanes) is 2. The first kappa shape index (κ1) is 14.9. The minimum Gasteiger partial charge on any atom is -0.329 e. The van der Waals surface area contributed by atoms with E-state index in [1.807, 2.05) is 0 Å². The summed E-state index contributed by atoms with van der Waals surface area (Å²) in [5, 5.41) is 0. The lowest BCUT2D eigenvalue weighted by Gasteiger charge is -2.40. The van der Waals surface area contributed by atoms with Crippen molar-refractivity contribution in [3.8, 4) is 0 Å². The van der Waals surface area contributed by atoms with Gasteiger partial charge in [0.15, 0.2) is 0 Å². The number of nitrogens with zero attached hydrogens (tertiary/aromatic N) is 1. The molecule has 0 spiro atoms. The zero-order valence-electron chi connectivity index (χ0n) is 11.2. The molecule has 15 heavy (non-hydrogen) atoms. The predicted molar refractivity (Wildman–Crippen MR) is 69.1 cm³/mol. The zero-order chi connectivity index (χ0) is 11.7. The minimum atomic E-state index is 0.212. The molecule has 2 nitrogen and oxygen atoms in total. The van der Waals surface area contributed by atoms with E-state index in [1.165, 1.54) is 38.8 Å². The molecule has 0 radical (unpaired) electrons. The fourth-order valence-electron chi connectivity index (χ4n) is 1.97. The molecule has 0 bridgehead atoms. The van der Waals surface area contributed by atoms with Gasteiger partial charge >= 0.3 is 0 Å². The standard InChI is InChI=1S/C13H30N2/c1-5-8-9-11-15(10-6-2)13(4,7-3)12-14/h5-12,14H2,1-4H3. The summed E-state index contributed by atoms with van der Waals surface area (Å²) in [7, 11) is 0. The Labute approximate surface area is 96.2 Å². The maximum Gasteiger partial charge on any atom is 0.0300 e. The Hall–Kier alpha value is -0.0800. The van der Waals surface area contributed by atoms with Crippen LogP contribution in [0.15, 0.2) is 0 Å².